The van der Waals surface area contributed by atoms with E-state index < -0.39 is 5.60 Å². The van der Waals surface area contributed by atoms with Crippen LogP contribution < -0.4 is 9.64 Å². The molecule has 0 amide bonds. The molecule has 1 atom stereocenters. The highest BCUT2D eigenvalue weighted by molar-refractivity contribution is 5.38. The summed E-state index contributed by atoms with van der Waals surface area (Å²) in [6, 6.07) is 7.50. The van der Waals surface area contributed by atoms with Gasteiger partial charge in [0.05, 0.1) is 19.8 Å². The molecule has 7 heteroatoms. The van der Waals surface area contributed by atoms with Gasteiger partial charge < -0.3 is 19.5 Å². The van der Waals surface area contributed by atoms with E-state index in [2.05, 4.69) is 9.97 Å². The van der Waals surface area contributed by atoms with Gasteiger partial charge in [-0.3, -0.25) is 0 Å². The largest absolute Gasteiger partial charge is 0.490 e. The molecule has 1 fully saturated rings. The van der Waals surface area contributed by atoms with E-state index in [1.54, 1.807) is 12.3 Å². The lowest BCUT2D eigenvalue weighted by Gasteiger charge is -2.31. The van der Waals surface area contributed by atoms with Gasteiger partial charge >= 0.3 is 0 Å². The summed E-state index contributed by atoms with van der Waals surface area (Å²) in [5.41, 5.74) is -1.19. The molecular formula is C17H20FN3O3. The number of β-amino-alcohol motifs (C(OH)–C–C–N with tert-alkyl or cyclic N) is 1. The molecular weight excluding hydrogens is 313 g/mol. The monoisotopic (exact) mass is 333 g/mol. The third-order valence-electron chi connectivity index (χ3n) is 3.77. The van der Waals surface area contributed by atoms with Gasteiger partial charge in [-0.1, -0.05) is 0 Å². The molecule has 0 unspecified atom stereocenters. The van der Waals surface area contributed by atoms with Crippen molar-refractivity contribution in [2.24, 2.45) is 0 Å². The fourth-order valence-electron chi connectivity index (χ4n) is 2.57. The lowest BCUT2D eigenvalue weighted by molar-refractivity contribution is -0.0536. The molecule has 0 aliphatic carbocycles. The minimum atomic E-state index is -1.19. The van der Waals surface area contributed by atoms with Crippen LogP contribution in [0.5, 0.6) is 5.75 Å². The van der Waals surface area contributed by atoms with Gasteiger partial charge in [-0.2, -0.15) is 0 Å². The average molecular weight is 333 g/mol. The zero-order valence-corrected chi connectivity index (χ0v) is 13.5. The molecule has 1 aromatic heterocycles. The van der Waals surface area contributed by atoms with Crippen molar-refractivity contribution in [3.8, 4) is 5.75 Å². The molecule has 0 radical (unpaired) electrons. The Morgan fingerprint density at radius 3 is 2.88 bits per heavy atom. The summed E-state index contributed by atoms with van der Waals surface area (Å²) in [5, 5.41) is 10.9. The van der Waals surface area contributed by atoms with Crippen molar-refractivity contribution in [3.63, 3.8) is 0 Å². The fraction of sp³-hybridized carbons (Fsp3) is 0.412. The van der Waals surface area contributed by atoms with E-state index >= 15 is 0 Å². The van der Waals surface area contributed by atoms with Gasteiger partial charge in [0.2, 0.25) is 0 Å². The Balaban J connectivity index is 1.69. The summed E-state index contributed by atoms with van der Waals surface area (Å²) in [6.07, 6.45) is 1.69. The van der Waals surface area contributed by atoms with Crippen molar-refractivity contribution in [1.29, 1.82) is 0 Å². The number of ether oxygens (including phenoxy) is 2. The Morgan fingerprint density at radius 2 is 2.12 bits per heavy atom. The normalized spacial score (nSPS) is 21.4. The van der Waals surface area contributed by atoms with Crippen LogP contribution in [0.15, 0.2) is 36.5 Å². The molecule has 6 nitrogen and oxygen atoms in total. The quantitative estimate of drug-likeness (QED) is 0.916. The summed E-state index contributed by atoms with van der Waals surface area (Å²) >= 11 is 0. The van der Waals surface area contributed by atoms with Crippen molar-refractivity contribution in [2.75, 3.05) is 37.8 Å². The van der Waals surface area contributed by atoms with E-state index in [4.69, 9.17) is 9.47 Å². The second kappa shape index (κ2) is 7.11. The standard InChI is InChI=1S/C17H20FN3O3/c1-13-19-7-6-16(20-13)21-8-9-23-11-17(22,10-21)12-24-15-4-2-14(18)3-5-15/h2-7,22H,8-12H2,1H3/t17-/m1/s1. The van der Waals surface area contributed by atoms with Crippen LogP contribution in [0.4, 0.5) is 10.2 Å². The van der Waals surface area contributed by atoms with Gasteiger partial charge in [0, 0.05) is 12.7 Å². The topological polar surface area (TPSA) is 67.7 Å². The number of aliphatic hydroxyl groups is 1. The van der Waals surface area contributed by atoms with Crippen LogP contribution in [-0.2, 0) is 4.74 Å². The van der Waals surface area contributed by atoms with Crippen LogP contribution in [0.25, 0.3) is 0 Å². The molecule has 128 valence electrons. The molecule has 2 heterocycles. The number of hydrogen-bond acceptors (Lipinski definition) is 6. The van der Waals surface area contributed by atoms with E-state index in [1.165, 1.54) is 24.3 Å². The van der Waals surface area contributed by atoms with Gasteiger partial charge in [-0.25, -0.2) is 14.4 Å². The molecule has 24 heavy (non-hydrogen) atoms. The Morgan fingerprint density at radius 1 is 1.33 bits per heavy atom. The molecule has 1 aliphatic heterocycles. The highest BCUT2D eigenvalue weighted by atomic mass is 19.1. The minimum absolute atomic E-state index is 0.0409. The number of aryl methyl sites for hydroxylation is 1. The third kappa shape index (κ3) is 4.18. The van der Waals surface area contributed by atoms with Crippen molar-refractivity contribution >= 4 is 5.82 Å². The molecule has 3 rings (SSSR count). The Labute approximate surface area is 139 Å². The molecule has 0 spiro atoms. The summed E-state index contributed by atoms with van der Waals surface area (Å²) in [4.78, 5) is 10.4. The molecule has 1 aromatic carbocycles. The first-order chi connectivity index (χ1) is 11.5. The maximum Gasteiger partial charge on any atom is 0.139 e. The van der Waals surface area contributed by atoms with Crippen LogP contribution in [0, 0.1) is 12.7 Å². The summed E-state index contributed by atoms with van der Waals surface area (Å²) in [5.74, 6) is 1.58. The first-order valence-corrected chi connectivity index (χ1v) is 7.77. The smallest absolute Gasteiger partial charge is 0.139 e. The molecule has 2 aromatic rings. The maximum absolute atomic E-state index is 12.9. The zero-order chi connectivity index (χ0) is 17.0. The highest BCUT2D eigenvalue weighted by Gasteiger charge is 2.34. The van der Waals surface area contributed by atoms with Gasteiger partial charge in [0.25, 0.3) is 0 Å². The van der Waals surface area contributed by atoms with E-state index in [9.17, 15) is 9.50 Å². The van der Waals surface area contributed by atoms with Gasteiger partial charge in [0.15, 0.2) is 0 Å². The van der Waals surface area contributed by atoms with Crippen molar-refractivity contribution in [1.82, 2.24) is 9.97 Å². The number of rotatable bonds is 4. The molecule has 1 N–H and O–H groups in total. The minimum Gasteiger partial charge on any atom is -0.490 e. The predicted molar refractivity (Wildman–Crippen MR) is 86.6 cm³/mol. The van der Waals surface area contributed by atoms with Gasteiger partial charge in [-0.05, 0) is 37.3 Å². The summed E-state index contributed by atoms with van der Waals surface area (Å²) in [7, 11) is 0. The lowest BCUT2D eigenvalue weighted by Crippen LogP contribution is -2.49. The van der Waals surface area contributed by atoms with Crippen LogP contribution >= 0.6 is 0 Å². The van der Waals surface area contributed by atoms with Crippen molar-refractivity contribution in [2.45, 2.75) is 12.5 Å². The van der Waals surface area contributed by atoms with E-state index in [0.29, 0.717) is 31.3 Å². The van der Waals surface area contributed by atoms with E-state index in [0.717, 1.165) is 5.82 Å². The van der Waals surface area contributed by atoms with Crippen LogP contribution in [0.2, 0.25) is 0 Å². The van der Waals surface area contributed by atoms with Crippen molar-refractivity contribution < 1.29 is 19.0 Å². The number of nitrogens with zero attached hydrogens (tertiary/aromatic N) is 3. The van der Waals surface area contributed by atoms with E-state index in [-0.39, 0.29) is 19.0 Å². The second-order valence-corrected chi connectivity index (χ2v) is 5.90. The second-order valence-electron chi connectivity index (χ2n) is 5.90. The van der Waals surface area contributed by atoms with Crippen LogP contribution in [0.1, 0.15) is 5.82 Å². The molecule has 0 saturated carbocycles. The van der Waals surface area contributed by atoms with Crippen molar-refractivity contribution in [3.05, 3.63) is 48.2 Å². The van der Waals surface area contributed by atoms with Gasteiger partial charge in [0.1, 0.15) is 35.4 Å². The first-order valence-electron chi connectivity index (χ1n) is 7.77. The SMILES string of the molecule is Cc1nccc(N2CCOC[C@@](O)(COc3ccc(F)cc3)C2)n1. The van der Waals surface area contributed by atoms with Crippen LogP contribution in [0.3, 0.4) is 0 Å². The Bertz CT molecular complexity index is 683. The molecule has 1 aliphatic rings. The third-order valence-corrected chi connectivity index (χ3v) is 3.77. The van der Waals surface area contributed by atoms with Crippen LogP contribution in [-0.4, -0.2) is 53.6 Å². The number of benzene rings is 1. The molecule has 0 bridgehead atoms. The Hall–Kier alpha value is -2.25. The highest BCUT2D eigenvalue weighted by Crippen LogP contribution is 2.20. The van der Waals surface area contributed by atoms with E-state index in [1.807, 2.05) is 11.8 Å². The fourth-order valence-corrected chi connectivity index (χ4v) is 2.57. The number of hydrogen-bond donors (Lipinski definition) is 1. The maximum atomic E-state index is 12.9. The average Bonchev–Trinajstić information content (AvgIpc) is 2.77. The predicted octanol–water partition coefficient (Wildman–Crippen LogP) is 1.57. The first kappa shape index (κ1) is 16.6. The number of halogens is 1. The lowest BCUT2D eigenvalue weighted by atomic mass is 10.1. The summed E-state index contributed by atoms with van der Waals surface area (Å²) < 4.78 is 24.1. The zero-order valence-electron chi connectivity index (χ0n) is 13.5. The number of aromatic nitrogens is 2. The Kier molecular flexibility index (Phi) is 4.92. The molecule has 1 saturated heterocycles. The summed E-state index contributed by atoms with van der Waals surface area (Å²) in [6.45, 7) is 3.46. The van der Waals surface area contributed by atoms with Gasteiger partial charge in [-0.15, -0.1) is 0 Å². The number of anilines is 1.